The average Bonchev–Trinajstić information content (AvgIpc) is 2.33. The third-order valence-corrected chi connectivity index (χ3v) is 4.27. The van der Waals surface area contributed by atoms with Crippen LogP contribution < -0.4 is 10.0 Å². The van der Waals surface area contributed by atoms with Crippen LogP contribution in [-0.4, -0.2) is 25.4 Å². The molecule has 21 heavy (non-hydrogen) atoms. The number of anilines is 1. The van der Waals surface area contributed by atoms with Crippen molar-refractivity contribution in [1.82, 2.24) is 4.72 Å². The van der Waals surface area contributed by atoms with Crippen molar-refractivity contribution in [1.29, 1.82) is 0 Å². The number of nitro benzene ring substituents is 1. The molecular weight excluding hydrogens is 294 g/mol. The highest BCUT2D eigenvalue weighted by molar-refractivity contribution is 7.89. The van der Waals surface area contributed by atoms with Crippen LogP contribution in [-0.2, 0) is 10.0 Å². The smallest absolute Gasteiger partial charge is 0.291 e. The van der Waals surface area contributed by atoms with Crippen LogP contribution in [0.2, 0.25) is 0 Å². The average molecular weight is 315 g/mol. The van der Waals surface area contributed by atoms with Crippen LogP contribution >= 0.6 is 0 Å². The van der Waals surface area contributed by atoms with Crippen molar-refractivity contribution >= 4 is 21.4 Å². The third-order valence-electron chi connectivity index (χ3n) is 2.46. The Bertz CT molecular complexity index is 621. The van der Waals surface area contributed by atoms with E-state index in [0.717, 1.165) is 6.42 Å². The van der Waals surface area contributed by atoms with Crippen LogP contribution in [0.3, 0.4) is 0 Å². The monoisotopic (exact) mass is 315 g/mol. The highest BCUT2D eigenvalue weighted by Crippen LogP contribution is 2.28. The molecule has 0 aliphatic carbocycles. The van der Waals surface area contributed by atoms with E-state index in [-0.39, 0.29) is 4.90 Å². The number of hydrogen-bond donors (Lipinski definition) is 2. The first-order valence-electron chi connectivity index (χ1n) is 6.63. The Morgan fingerprint density at radius 2 is 1.90 bits per heavy atom. The van der Waals surface area contributed by atoms with Crippen LogP contribution in [0.25, 0.3) is 0 Å². The quantitative estimate of drug-likeness (QED) is 0.620. The van der Waals surface area contributed by atoms with Gasteiger partial charge in [-0.05, 0) is 39.3 Å². The van der Waals surface area contributed by atoms with Crippen LogP contribution in [0.15, 0.2) is 23.1 Å². The minimum Gasteiger partial charge on any atom is -0.385 e. The number of sulfonamides is 1. The summed E-state index contributed by atoms with van der Waals surface area (Å²) in [5.74, 6) is 0. The normalized spacial score (nSPS) is 12.2. The van der Waals surface area contributed by atoms with Crippen molar-refractivity contribution in [2.45, 2.75) is 44.6 Å². The van der Waals surface area contributed by atoms with Crippen LogP contribution in [0.4, 0.5) is 11.4 Å². The first kappa shape index (κ1) is 17.4. The van der Waals surface area contributed by atoms with Gasteiger partial charge in [0.2, 0.25) is 10.0 Å². The molecule has 0 aliphatic rings. The lowest BCUT2D eigenvalue weighted by atomic mass is 10.1. The second-order valence-corrected chi connectivity index (χ2v) is 7.37. The molecule has 0 amide bonds. The first-order chi connectivity index (χ1) is 9.57. The molecule has 0 spiro atoms. The molecule has 1 aromatic rings. The van der Waals surface area contributed by atoms with E-state index in [9.17, 15) is 18.5 Å². The predicted molar refractivity (Wildman–Crippen MR) is 82.0 cm³/mol. The molecule has 0 aliphatic heterocycles. The maximum absolute atomic E-state index is 12.3. The number of nitrogens with one attached hydrogen (secondary N) is 2. The van der Waals surface area contributed by atoms with Gasteiger partial charge in [-0.25, -0.2) is 13.1 Å². The van der Waals surface area contributed by atoms with Crippen molar-refractivity contribution < 1.29 is 13.3 Å². The van der Waals surface area contributed by atoms with Gasteiger partial charge in [-0.1, -0.05) is 6.92 Å². The Hall–Kier alpha value is -1.67. The zero-order valence-corrected chi connectivity index (χ0v) is 13.5. The van der Waals surface area contributed by atoms with Crippen molar-refractivity contribution in [2.24, 2.45) is 0 Å². The summed E-state index contributed by atoms with van der Waals surface area (Å²) in [6, 6.07) is 4.02. The van der Waals surface area contributed by atoms with Gasteiger partial charge in [0.1, 0.15) is 0 Å². The zero-order valence-electron chi connectivity index (χ0n) is 12.6. The van der Waals surface area contributed by atoms with Crippen LogP contribution in [0, 0.1) is 10.1 Å². The fraction of sp³-hybridized carbons (Fsp3) is 0.538. The second kappa shape index (κ2) is 6.40. The Balaban J connectivity index is 3.27. The number of hydrogen-bond acceptors (Lipinski definition) is 5. The highest BCUT2D eigenvalue weighted by atomic mass is 32.2. The Morgan fingerprint density at radius 1 is 1.29 bits per heavy atom. The van der Waals surface area contributed by atoms with Crippen LogP contribution in [0.5, 0.6) is 0 Å². The molecule has 0 fully saturated rings. The van der Waals surface area contributed by atoms with E-state index < -0.39 is 26.2 Å². The molecule has 0 bridgehead atoms. The Kier molecular flexibility index (Phi) is 5.30. The fourth-order valence-electron chi connectivity index (χ4n) is 1.72. The SMILES string of the molecule is CCCNc1ccc(S(=O)(=O)NC(C)(C)C)c([N+](=O)[O-])c1. The van der Waals surface area contributed by atoms with Crippen molar-refractivity contribution in [3.8, 4) is 0 Å². The molecule has 0 saturated carbocycles. The lowest BCUT2D eigenvalue weighted by Gasteiger charge is -2.20. The molecule has 1 aromatic carbocycles. The summed E-state index contributed by atoms with van der Waals surface area (Å²) < 4.78 is 26.9. The van der Waals surface area contributed by atoms with Gasteiger partial charge in [-0.2, -0.15) is 0 Å². The number of benzene rings is 1. The molecular formula is C13H21N3O4S. The summed E-state index contributed by atoms with van der Waals surface area (Å²) in [4.78, 5) is 10.1. The van der Waals surface area contributed by atoms with Crippen molar-refractivity contribution in [3.63, 3.8) is 0 Å². The lowest BCUT2D eigenvalue weighted by molar-refractivity contribution is -0.387. The minimum absolute atomic E-state index is 0.329. The van der Waals surface area contributed by atoms with E-state index in [2.05, 4.69) is 10.0 Å². The number of nitrogens with zero attached hydrogens (tertiary/aromatic N) is 1. The summed E-state index contributed by atoms with van der Waals surface area (Å²) in [7, 11) is -3.95. The van der Waals surface area contributed by atoms with E-state index in [4.69, 9.17) is 0 Å². The van der Waals surface area contributed by atoms with Crippen LogP contribution in [0.1, 0.15) is 34.1 Å². The van der Waals surface area contributed by atoms with E-state index >= 15 is 0 Å². The molecule has 2 N–H and O–H groups in total. The number of nitro groups is 1. The standard InChI is InChI=1S/C13H21N3O4S/c1-5-8-14-10-6-7-12(11(9-10)16(17)18)21(19,20)15-13(2,3)4/h6-7,9,14-15H,5,8H2,1-4H3. The van der Waals surface area contributed by atoms with Gasteiger partial charge in [-0.3, -0.25) is 10.1 Å². The van der Waals surface area contributed by atoms with E-state index in [1.54, 1.807) is 20.8 Å². The highest BCUT2D eigenvalue weighted by Gasteiger charge is 2.29. The largest absolute Gasteiger partial charge is 0.385 e. The molecule has 118 valence electrons. The fourth-order valence-corrected chi connectivity index (χ4v) is 3.30. The molecule has 0 unspecified atom stereocenters. The summed E-state index contributed by atoms with van der Waals surface area (Å²) in [5, 5.41) is 14.1. The van der Waals surface area contributed by atoms with E-state index in [1.165, 1.54) is 18.2 Å². The zero-order chi connectivity index (χ0) is 16.3. The molecule has 0 aromatic heterocycles. The summed E-state index contributed by atoms with van der Waals surface area (Å²) in [6.07, 6.45) is 0.861. The van der Waals surface area contributed by atoms with Gasteiger partial charge < -0.3 is 5.32 Å². The molecule has 1 rings (SSSR count). The van der Waals surface area contributed by atoms with Gasteiger partial charge in [0, 0.05) is 23.8 Å². The molecule has 0 heterocycles. The maximum Gasteiger partial charge on any atom is 0.291 e. The summed E-state index contributed by atoms with van der Waals surface area (Å²) in [5.41, 5.74) is -0.627. The van der Waals surface area contributed by atoms with E-state index in [0.29, 0.717) is 12.2 Å². The van der Waals surface area contributed by atoms with Gasteiger partial charge in [0.25, 0.3) is 5.69 Å². The van der Waals surface area contributed by atoms with Crippen molar-refractivity contribution in [3.05, 3.63) is 28.3 Å². The van der Waals surface area contributed by atoms with Gasteiger partial charge >= 0.3 is 0 Å². The second-order valence-electron chi connectivity index (χ2n) is 5.72. The summed E-state index contributed by atoms with van der Waals surface area (Å²) >= 11 is 0. The Labute approximate surface area is 124 Å². The first-order valence-corrected chi connectivity index (χ1v) is 8.11. The van der Waals surface area contributed by atoms with Crippen molar-refractivity contribution in [2.75, 3.05) is 11.9 Å². The minimum atomic E-state index is -3.95. The third kappa shape index (κ3) is 4.98. The molecule has 0 radical (unpaired) electrons. The molecule has 7 nitrogen and oxygen atoms in total. The van der Waals surface area contributed by atoms with Gasteiger partial charge in [-0.15, -0.1) is 0 Å². The maximum atomic E-state index is 12.3. The molecule has 0 saturated heterocycles. The predicted octanol–water partition coefficient (Wildman–Crippen LogP) is 2.49. The molecule has 8 heteroatoms. The number of rotatable bonds is 6. The van der Waals surface area contributed by atoms with Gasteiger partial charge in [0.15, 0.2) is 4.90 Å². The lowest BCUT2D eigenvalue weighted by Crippen LogP contribution is -2.40. The Morgan fingerprint density at radius 3 is 2.38 bits per heavy atom. The summed E-state index contributed by atoms with van der Waals surface area (Å²) in [6.45, 7) is 7.64. The molecule has 0 atom stereocenters. The van der Waals surface area contributed by atoms with Gasteiger partial charge in [0.05, 0.1) is 4.92 Å². The topological polar surface area (TPSA) is 101 Å². The van der Waals surface area contributed by atoms with E-state index in [1.807, 2.05) is 6.92 Å².